The third-order valence-electron chi connectivity index (χ3n) is 3.90. The summed E-state index contributed by atoms with van der Waals surface area (Å²) < 4.78 is 6.32. The molecule has 0 radical (unpaired) electrons. The van der Waals surface area contributed by atoms with Crippen LogP contribution in [-0.4, -0.2) is 0 Å². The maximum Gasteiger partial charge on any atom is 0.169 e. The molecule has 1 fully saturated rings. The van der Waals surface area contributed by atoms with Gasteiger partial charge in [-0.05, 0) is 52.7 Å². The quantitative estimate of drug-likeness (QED) is 0.901. The van der Waals surface area contributed by atoms with Gasteiger partial charge in [-0.3, -0.25) is 0 Å². The first-order valence-corrected chi connectivity index (χ1v) is 7.00. The summed E-state index contributed by atoms with van der Waals surface area (Å²) in [6.07, 6.45) is 6.47. The Hall–Kier alpha value is -0.280. The predicted octanol–water partition coefficient (Wildman–Crippen LogP) is 4.26. The van der Waals surface area contributed by atoms with E-state index in [1.54, 1.807) is 0 Å². The minimum Gasteiger partial charge on any atom is -0.453 e. The predicted molar refractivity (Wildman–Crippen MR) is 69.1 cm³/mol. The van der Waals surface area contributed by atoms with E-state index in [2.05, 4.69) is 22.9 Å². The Balaban J connectivity index is 1.93. The Bertz CT molecular complexity index is 328. The van der Waals surface area contributed by atoms with Crippen molar-refractivity contribution in [2.45, 2.75) is 45.1 Å². The lowest BCUT2D eigenvalue weighted by molar-refractivity contribution is 0.225. The second kappa shape index (κ2) is 5.37. The third kappa shape index (κ3) is 2.69. The lowest BCUT2D eigenvalue weighted by atomic mass is 9.77. The van der Waals surface area contributed by atoms with Gasteiger partial charge in [0, 0.05) is 0 Å². The van der Waals surface area contributed by atoms with E-state index in [9.17, 15) is 0 Å². The number of hydrogen-bond acceptors (Lipinski definition) is 2. The Morgan fingerprint density at radius 3 is 2.56 bits per heavy atom. The van der Waals surface area contributed by atoms with E-state index in [0.717, 1.165) is 16.3 Å². The number of halogens is 1. The molecule has 2 rings (SSSR count). The minimum absolute atomic E-state index is 0.0732. The van der Waals surface area contributed by atoms with E-state index in [1.165, 1.54) is 32.1 Å². The smallest absolute Gasteiger partial charge is 0.169 e. The first-order valence-electron chi connectivity index (χ1n) is 6.21. The van der Waals surface area contributed by atoms with Crippen molar-refractivity contribution in [2.75, 3.05) is 0 Å². The monoisotopic (exact) mass is 285 g/mol. The van der Waals surface area contributed by atoms with Crippen LogP contribution in [0.1, 0.15) is 50.8 Å². The lowest BCUT2D eigenvalue weighted by Crippen LogP contribution is -2.25. The highest BCUT2D eigenvalue weighted by Crippen LogP contribution is 2.37. The molecule has 1 aliphatic carbocycles. The van der Waals surface area contributed by atoms with Crippen molar-refractivity contribution in [3.8, 4) is 0 Å². The standard InChI is InChI=1S/C13H20BrNO/c1-2-9-3-5-10(6-4-9)13(15)11-7-8-12(14)16-11/h7-10,13H,2-6,15H2,1H3. The van der Waals surface area contributed by atoms with Crippen LogP contribution in [0.3, 0.4) is 0 Å². The minimum atomic E-state index is 0.0732. The number of nitrogens with two attached hydrogens (primary N) is 1. The van der Waals surface area contributed by atoms with Crippen molar-refractivity contribution >= 4 is 15.9 Å². The highest BCUT2D eigenvalue weighted by molar-refractivity contribution is 9.10. The van der Waals surface area contributed by atoms with Gasteiger partial charge in [-0.15, -0.1) is 0 Å². The van der Waals surface area contributed by atoms with Gasteiger partial charge in [0.2, 0.25) is 0 Å². The van der Waals surface area contributed by atoms with Crippen LogP contribution in [-0.2, 0) is 0 Å². The molecule has 3 heteroatoms. The SMILES string of the molecule is CCC1CCC(C(N)c2ccc(Br)o2)CC1. The zero-order chi connectivity index (χ0) is 11.5. The molecule has 1 atom stereocenters. The van der Waals surface area contributed by atoms with E-state index < -0.39 is 0 Å². The summed E-state index contributed by atoms with van der Waals surface area (Å²) in [5, 5.41) is 0. The van der Waals surface area contributed by atoms with Crippen molar-refractivity contribution in [3.63, 3.8) is 0 Å². The highest BCUT2D eigenvalue weighted by Gasteiger charge is 2.27. The summed E-state index contributed by atoms with van der Waals surface area (Å²) in [4.78, 5) is 0. The molecule has 0 amide bonds. The zero-order valence-corrected chi connectivity index (χ0v) is 11.4. The molecule has 90 valence electrons. The molecule has 2 N–H and O–H groups in total. The number of furan rings is 1. The first-order chi connectivity index (χ1) is 7.70. The van der Waals surface area contributed by atoms with Gasteiger partial charge in [0.1, 0.15) is 5.76 Å². The van der Waals surface area contributed by atoms with Gasteiger partial charge in [-0.25, -0.2) is 0 Å². The topological polar surface area (TPSA) is 39.2 Å². The molecule has 0 aliphatic heterocycles. The molecular formula is C13H20BrNO. The average Bonchev–Trinajstić information content (AvgIpc) is 2.75. The van der Waals surface area contributed by atoms with Crippen molar-refractivity contribution in [1.29, 1.82) is 0 Å². The summed E-state index contributed by atoms with van der Waals surface area (Å²) >= 11 is 3.32. The molecule has 16 heavy (non-hydrogen) atoms. The molecule has 1 heterocycles. The van der Waals surface area contributed by atoms with Crippen LogP contribution in [0.2, 0.25) is 0 Å². The van der Waals surface area contributed by atoms with E-state index in [0.29, 0.717) is 5.92 Å². The van der Waals surface area contributed by atoms with Crippen molar-refractivity contribution in [2.24, 2.45) is 17.6 Å². The summed E-state index contributed by atoms with van der Waals surface area (Å²) in [6.45, 7) is 2.29. The molecule has 2 nitrogen and oxygen atoms in total. The Morgan fingerprint density at radius 2 is 2.06 bits per heavy atom. The Morgan fingerprint density at radius 1 is 1.38 bits per heavy atom. The number of rotatable bonds is 3. The van der Waals surface area contributed by atoms with Crippen molar-refractivity contribution < 1.29 is 4.42 Å². The van der Waals surface area contributed by atoms with Gasteiger partial charge in [0.25, 0.3) is 0 Å². The first kappa shape index (κ1) is 12.2. The van der Waals surface area contributed by atoms with Crippen LogP contribution in [0.5, 0.6) is 0 Å². The summed E-state index contributed by atoms with van der Waals surface area (Å²) in [7, 11) is 0. The summed E-state index contributed by atoms with van der Waals surface area (Å²) in [6, 6.07) is 3.98. The van der Waals surface area contributed by atoms with E-state index in [-0.39, 0.29) is 6.04 Å². The second-order valence-electron chi connectivity index (χ2n) is 4.86. The maximum absolute atomic E-state index is 6.26. The summed E-state index contributed by atoms with van der Waals surface area (Å²) in [5.41, 5.74) is 6.26. The molecule has 0 spiro atoms. The molecule has 1 unspecified atom stereocenters. The largest absolute Gasteiger partial charge is 0.453 e. The molecule has 0 saturated heterocycles. The Labute approximate surface area is 106 Å². The fourth-order valence-electron chi connectivity index (χ4n) is 2.70. The zero-order valence-electron chi connectivity index (χ0n) is 9.79. The van der Waals surface area contributed by atoms with Gasteiger partial charge in [0.05, 0.1) is 6.04 Å². The van der Waals surface area contributed by atoms with Gasteiger partial charge in [0.15, 0.2) is 4.67 Å². The fourth-order valence-corrected chi connectivity index (χ4v) is 3.01. The van der Waals surface area contributed by atoms with Crippen LogP contribution >= 0.6 is 15.9 Å². The second-order valence-corrected chi connectivity index (χ2v) is 5.64. The van der Waals surface area contributed by atoms with Crippen LogP contribution < -0.4 is 5.73 Å². The van der Waals surface area contributed by atoms with Crippen LogP contribution in [0.15, 0.2) is 21.2 Å². The van der Waals surface area contributed by atoms with E-state index in [4.69, 9.17) is 10.2 Å². The molecule has 0 bridgehead atoms. The van der Waals surface area contributed by atoms with E-state index in [1.807, 2.05) is 12.1 Å². The third-order valence-corrected chi connectivity index (χ3v) is 4.33. The molecular weight excluding hydrogens is 266 g/mol. The fraction of sp³-hybridized carbons (Fsp3) is 0.692. The van der Waals surface area contributed by atoms with Crippen molar-refractivity contribution in [1.82, 2.24) is 0 Å². The van der Waals surface area contributed by atoms with Gasteiger partial charge in [-0.1, -0.05) is 26.2 Å². The maximum atomic E-state index is 6.26. The lowest BCUT2D eigenvalue weighted by Gasteiger charge is -2.30. The molecule has 1 aliphatic rings. The van der Waals surface area contributed by atoms with Gasteiger partial charge < -0.3 is 10.2 Å². The molecule has 0 aromatic carbocycles. The van der Waals surface area contributed by atoms with Crippen LogP contribution in [0, 0.1) is 11.8 Å². The van der Waals surface area contributed by atoms with Crippen molar-refractivity contribution in [3.05, 3.63) is 22.6 Å². The van der Waals surface area contributed by atoms with Gasteiger partial charge in [-0.2, -0.15) is 0 Å². The highest BCUT2D eigenvalue weighted by atomic mass is 79.9. The van der Waals surface area contributed by atoms with Crippen LogP contribution in [0.4, 0.5) is 0 Å². The molecule has 1 saturated carbocycles. The van der Waals surface area contributed by atoms with Gasteiger partial charge >= 0.3 is 0 Å². The Kier molecular flexibility index (Phi) is 4.09. The van der Waals surface area contributed by atoms with Crippen LogP contribution in [0.25, 0.3) is 0 Å². The van der Waals surface area contributed by atoms with E-state index >= 15 is 0 Å². The molecule has 1 aromatic rings. The molecule has 1 aromatic heterocycles. The average molecular weight is 286 g/mol. The normalized spacial score (nSPS) is 27.9. The number of hydrogen-bond donors (Lipinski definition) is 1. The summed E-state index contributed by atoms with van der Waals surface area (Å²) in [5.74, 6) is 2.44.